The largest absolute Gasteiger partial charge is 0.479 e. The SMILES string of the molecule is O=C(O)C1c2ccsc2CCN1C(=O)CSc1cccs1. The van der Waals surface area contributed by atoms with Crippen LogP contribution < -0.4 is 0 Å². The van der Waals surface area contributed by atoms with Gasteiger partial charge in [-0.25, -0.2) is 4.79 Å². The number of hydrogen-bond donors (Lipinski definition) is 1. The van der Waals surface area contributed by atoms with Crippen molar-refractivity contribution in [2.75, 3.05) is 12.3 Å². The summed E-state index contributed by atoms with van der Waals surface area (Å²) in [5, 5.41) is 13.3. The molecule has 3 rings (SSSR count). The van der Waals surface area contributed by atoms with Crippen molar-refractivity contribution in [1.82, 2.24) is 4.90 Å². The molecule has 110 valence electrons. The smallest absolute Gasteiger partial charge is 0.331 e. The Morgan fingerprint density at radius 3 is 2.90 bits per heavy atom. The molecule has 0 aromatic carbocycles. The van der Waals surface area contributed by atoms with Crippen LogP contribution in [0, 0.1) is 0 Å². The van der Waals surface area contributed by atoms with Gasteiger partial charge < -0.3 is 10.0 Å². The van der Waals surface area contributed by atoms with Crippen molar-refractivity contribution in [3.8, 4) is 0 Å². The monoisotopic (exact) mass is 339 g/mol. The number of thiophene rings is 2. The summed E-state index contributed by atoms with van der Waals surface area (Å²) in [4.78, 5) is 26.5. The van der Waals surface area contributed by atoms with E-state index in [1.807, 2.05) is 29.0 Å². The van der Waals surface area contributed by atoms with E-state index in [1.165, 1.54) is 16.7 Å². The van der Waals surface area contributed by atoms with Crippen LogP contribution in [0.15, 0.2) is 33.2 Å². The van der Waals surface area contributed by atoms with Crippen LogP contribution in [0.25, 0.3) is 0 Å². The Kier molecular flexibility index (Phi) is 4.32. The molecule has 1 amide bonds. The number of fused-ring (bicyclic) bond motifs is 1. The molecule has 0 fully saturated rings. The van der Waals surface area contributed by atoms with Gasteiger partial charge in [0.15, 0.2) is 6.04 Å². The highest BCUT2D eigenvalue weighted by Crippen LogP contribution is 2.34. The first-order chi connectivity index (χ1) is 10.2. The molecule has 0 aliphatic carbocycles. The first-order valence-electron chi connectivity index (χ1n) is 6.41. The number of carbonyl (C=O) groups is 2. The van der Waals surface area contributed by atoms with E-state index in [0.717, 1.165) is 21.1 Å². The molecular formula is C14H13NO3S3. The summed E-state index contributed by atoms with van der Waals surface area (Å²) >= 11 is 4.62. The van der Waals surface area contributed by atoms with Gasteiger partial charge in [0.1, 0.15) is 0 Å². The number of carbonyl (C=O) groups excluding carboxylic acids is 1. The lowest BCUT2D eigenvalue weighted by Crippen LogP contribution is -2.43. The minimum atomic E-state index is -0.955. The van der Waals surface area contributed by atoms with Crippen LogP contribution in [0.4, 0.5) is 0 Å². The topological polar surface area (TPSA) is 57.6 Å². The summed E-state index contributed by atoms with van der Waals surface area (Å²) in [5.41, 5.74) is 0.772. The fourth-order valence-corrected chi connectivity index (χ4v) is 4.99. The average Bonchev–Trinajstić information content (AvgIpc) is 3.14. The second kappa shape index (κ2) is 6.21. The third kappa shape index (κ3) is 3.00. The lowest BCUT2D eigenvalue weighted by Gasteiger charge is -2.33. The maximum atomic E-state index is 12.4. The Morgan fingerprint density at radius 2 is 2.19 bits per heavy atom. The van der Waals surface area contributed by atoms with E-state index in [4.69, 9.17) is 0 Å². The van der Waals surface area contributed by atoms with E-state index < -0.39 is 12.0 Å². The molecule has 2 aromatic rings. The van der Waals surface area contributed by atoms with Gasteiger partial charge in [-0.05, 0) is 34.9 Å². The molecule has 1 unspecified atom stereocenters. The first kappa shape index (κ1) is 14.6. The molecule has 21 heavy (non-hydrogen) atoms. The van der Waals surface area contributed by atoms with Crippen molar-refractivity contribution >= 4 is 46.3 Å². The van der Waals surface area contributed by atoms with E-state index in [0.29, 0.717) is 6.54 Å². The van der Waals surface area contributed by atoms with Gasteiger partial charge in [-0.2, -0.15) is 0 Å². The summed E-state index contributed by atoms with van der Waals surface area (Å²) < 4.78 is 1.07. The van der Waals surface area contributed by atoms with E-state index in [-0.39, 0.29) is 11.7 Å². The zero-order valence-electron chi connectivity index (χ0n) is 11.0. The van der Waals surface area contributed by atoms with Crippen LogP contribution in [-0.2, 0) is 16.0 Å². The molecule has 1 atom stereocenters. The lowest BCUT2D eigenvalue weighted by atomic mass is 10.00. The summed E-state index contributed by atoms with van der Waals surface area (Å²) in [5.74, 6) is -0.787. The summed E-state index contributed by atoms with van der Waals surface area (Å²) in [7, 11) is 0. The van der Waals surface area contributed by atoms with Gasteiger partial charge in [0.05, 0.1) is 9.96 Å². The maximum absolute atomic E-state index is 12.4. The molecular weight excluding hydrogens is 326 g/mol. The second-order valence-corrected chi connectivity index (χ2v) is 7.82. The first-order valence-corrected chi connectivity index (χ1v) is 9.16. The van der Waals surface area contributed by atoms with Crippen molar-refractivity contribution < 1.29 is 14.7 Å². The Bertz CT molecular complexity index is 650. The molecule has 4 nitrogen and oxygen atoms in total. The normalized spacial score (nSPS) is 17.5. The number of aliphatic carboxylic acids is 1. The molecule has 0 saturated carbocycles. The van der Waals surface area contributed by atoms with Gasteiger partial charge in [-0.1, -0.05) is 6.07 Å². The highest BCUT2D eigenvalue weighted by Gasteiger charge is 2.36. The molecule has 0 spiro atoms. The molecule has 1 N–H and O–H groups in total. The Labute approximate surface area is 134 Å². The van der Waals surface area contributed by atoms with E-state index in [1.54, 1.807) is 22.7 Å². The van der Waals surface area contributed by atoms with Crippen molar-refractivity contribution in [3.63, 3.8) is 0 Å². The molecule has 1 aliphatic heterocycles. The fraction of sp³-hybridized carbons (Fsp3) is 0.286. The molecule has 0 saturated heterocycles. The van der Waals surface area contributed by atoms with Crippen molar-refractivity contribution in [3.05, 3.63) is 39.4 Å². The van der Waals surface area contributed by atoms with Gasteiger partial charge in [-0.3, -0.25) is 4.79 Å². The number of thioether (sulfide) groups is 1. The number of carboxylic acid groups (broad SMARTS) is 1. The highest BCUT2D eigenvalue weighted by molar-refractivity contribution is 8.01. The van der Waals surface area contributed by atoms with Gasteiger partial charge in [0.2, 0.25) is 5.91 Å². The predicted molar refractivity (Wildman–Crippen MR) is 85.2 cm³/mol. The predicted octanol–water partition coefficient (Wildman–Crippen LogP) is 3.11. The third-order valence-electron chi connectivity index (χ3n) is 3.35. The molecule has 1 aliphatic rings. The molecule has 7 heteroatoms. The van der Waals surface area contributed by atoms with E-state index in [2.05, 4.69) is 0 Å². The third-order valence-corrected chi connectivity index (χ3v) is 6.47. The molecule has 2 aromatic heterocycles. The minimum absolute atomic E-state index is 0.113. The minimum Gasteiger partial charge on any atom is -0.479 e. The Hall–Kier alpha value is -1.31. The Morgan fingerprint density at radius 1 is 1.33 bits per heavy atom. The second-order valence-electron chi connectivity index (χ2n) is 4.60. The number of rotatable bonds is 4. The summed E-state index contributed by atoms with van der Waals surface area (Å²) in [6, 6.07) is 4.89. The zero-order valence-corrected chi connectivity index (χ0v) is 13.5. The number of hydrogen-bond acceptors (Lipinski definition) is 5. The zero-order chi connectivity index (χ0) is 14.8. The summed E-state index contributed by atoms with van der Waals surface area (Å²) in [6.07, 6.45) is 0.742. The van der Waals surface area contributed by atoms with Crippen LogP contribution in [0.5, 0.6) is 0 Å². The number of nitrogens with zero attached hydrogens (tertiary/aromatic N) is 1. The highest BCUT2D eigenvalue weighted by atomic mass is 32.2. The standard InChI is InChI=1S/C14H13NO3S3/c16-11(8-21-12-2-1-6-20-12)15-5-3-10-9(4-7-19-10)13(15)14(17)18/h1-2,4,6-7,13H,3,5,8H2,(H,17,18). The van der Waals surface area contributed by atoms with Crippen LogP contribution in [0.1, 0.15) is 16.5 Å². The lowest BCUT2D eigenvalue weighted by molar-refractivity contribution is -0.150. The number of carboxylic acids is 1. The average molecular weight is 339 g/mol. The van der Waals surface area contributed by atoms with Crippen LogP contribution >= 0.6 is 34.4 Å². The van der Waals surface area contributed by atoms with Crippen LogP contribution in [-0.4, -0.2) is 34.2 Å². The maximum Gasteiger partial charge on any atom is 0.331 e. The van der Waals surface area contributed by atoms with Crippen LogP contribution in [0.3, 0.4) is 0 Å². The van der Waals surface area contributed by atoms with Gasteiger partial charge >= 0.3 is 5.97 Å². The fourth-order valence-electron chi connectivity index (χ4n) is 2.41. The van der Waals surface area contributed by atoms with Crippen molar-refractivity contribution in [2.24, 2.45) is 0 Å². The van der Waals surface area contributed by atoms with Gasteiger partial charge in [-0.15, -0.1) is 34.4 Å². The van der Waals surface area contributed by atoms with Gasteiger partial charge in [0.25, 0.3) is 0 Å². The summed E-state index contributed by atoms with van der Waals surface area (Å²) in [6.45, 7) is 0.480. The van der Waals surface area contributed by atoms with Crippen molar-refractivity contribution in [2.45, 2.75) is 16.7 Å². The van der Waals surface area contributed by atoms with Gasteiger partial charge in [0, 0.05) is 11.4 Å². The Balaban J connectivity index is 1.74. The van der Waals surface area contributed by atoms with E-state index >= 15 is 0 Å². The van der Waals surface area contributed by atoms with Crippen LogP contribution in [0.2, 0.25) is 0 Å². The molecule has 3 heterocycles. The quantitative estimate of drug-likeness (QED) is 0.870. The molecule has 0 bridgehead atoms. The van der Waals surface area contributed by atoms with E-state index in [9.17, 15) is 14.7 Å². The van der Waals surface area contributed by atoms with Crippen molar-refractivity contribution in [1.29, 1.82) is 0 Å². The number of amides is 1. The molecule has 0 radical (unpaired) electrons.